The van der Waals surface area contributed by atoms with Gasteiger partial charge in [-0.1, -0.05) is 17.3 Å². The highest BCUT2D eigenvalue weighted by atomic mass is 19.1. The molecule has 0 saturated heterocycles. The van der Waals surface area contributed by atoms with Crippen LogP contribution in [0.25, 0.3) is 11.3 Å². The first kappa shape index (κ1) is 16.7. The van der Waals surface area contributed by atoms with Crippen molar-refractivity contribution in [3.63, 3.8) is 0 Å². The molecule has 1 aromatic carbocycles. The van der Waals surface area contributed by atoms with Gasteiger partial charge in [0.25, 0.3) is 0 Å². The number of hydrogen-bond donors (Lipinski definition) is 2. The van der Waals surface area contributed by atoms with Crippen molar-refractivity contribution in [2.24, 2.45) is 0 Å². The van der Waals surface area contributed by atoms with Crippen molar-refractivity contribution >= 4 is 5.82 Å². The van der Waals surface area contributed by atoms with Gasteiger partial charge in [0.05, 0.1) is 12.2 Å². The van der Waals surface area contributed by atoms with Gasteiger partial charge in [0, 0.05) is 30.2 Å². The molecule has 6 nitrogen and oxygen atoms in total. The monoisotopic (exact) mass is 353 g/mol. The summed E-state index contributed by atoms with van der Waals surface area (Å²) >= 11 is 0. The number of rotatable bonds is 4. The van der Waals surface area contributed by atoms with E-state index in [1.807, 2.05) is 6.92 Å². The number of hydrogen-bond acceptors (Lipinski definition) is 6. The molecule has 1 aliphatic heterocycles. The first-order valence-corrected chi connectivity index (χ1v) is 8.72. The van der Waals surface area contributed by atoms with E-state index >= 15 is 0 Å². The molecule has 26 heavy (non-hydrogen) atoms. The molecule has 3 heterocycles. The number of aryl methyl sites for hydroxylation is 1. The van der Waals surface area contributed by atoms with Crippen LogP contribution in [0.4, 0.5) is 10.2 Å². The molecule has 0 atom stereocenters. The molecular weight excluding hydrogens is 333 g/mol. The van der Waals surface area contributed by atoms with Gasteiger partial charge >= 0.3 is 0 Å². The van der Waals surface area contributed by atoms with Crippen LogP contribution in [0.3, 0.4) is 0 Å². The number of aromatic nitrogens is 3. The third-order valence-electron chi connectivity index (χ3n) is 4.43. The summed E-state index contributed by atoms with van der Waals surface area (Å²) in [6.45, 7) is 4.16. The third-order valence-corrected chi connectivity index (χ3v) is 4.43. The number of nitrogens with zero attached hydrogens (tertiary/aromatic N) is 3. The van der Waals surface area contributed by atoms with Crippen LogP contribution < -0.4 is 10.6 Å². The van der Waals surface area contributed by atoms with Crippen molar-refractivity contribution in [2.75, 3.05) is 18.4 Å². The van der Waals surface area contributed by atoms with Gasteiger partial charge in [-0.05, 0) is 32.0 Å². The lowest BCUT2D eigenvalue weighted by Crippen LogP contribution is -2.16. The molecule has 4 rings (SSSR count). The minimum absolute atomic E-state index is 0.315. The van der Waals surface area contributed by atoms with E-state index in [1.54, 1.807) is 24.3 Å². The Morgan fingerprint density at radius 1 is 1.19 bits per heavy atom. The van der Waals surface area contributed by atoms with Crippen molar-refractivity contribution in [1.29, 1.82) is 0 Å². The summed E-state index contributed by atoms with van der Waals surface area (Å²) in [6.07, 6.45) is 1.78. The fourth-order valence-corrected chi connectivity index (χ4v) is 3.18. The van der Waals surface area contributed by atoms with Gasteiger partial charge in [-0.2, -0.15) is 0 Å². The highest BCUT2D eigenvalue weighted by Gasteiger charge is 2.16. The molecule has 7 heteroatoms. The lowest BCUT2D eigenvalue weighted by molar-refractivity contribution is 0.389. The number of anilines is 1. The van der Waals surface area contributed by atoms with Crippen LogP contribution in [-0.4, -0.2) is 28.2 Å². The molecule has 134 valence electrons. The Morgan fingerprint density at radius 3 is 2.92 bits per heavy atom. The van der Waals surface area contributed by atoms with Gasteiger partial charge in [-0.3, -0.25) is 0 Å². The Bertz CT molecular complexity index is 924. The third kappa shape index (κ3) is 3.43. The van der Waals surface area contributed by atoms with Crippen molar-refractivity contribution in [1.82, 2.24) is 20.4 Å². The minimum atomic E-state index is -0.315. The number of nitrogens with one attached hydrogen (secondary N) is 2. The smallest absolute Gasteiger partial charge is 0.156 e. The minimum Gasteiger partial charge on any atom is -0.362 e. The predicted octanol–water partition coefficient (Wildman–Crippen LogP) is 2.88. The molecule has 0 spiro atoms. The van der Waals surface area contributed by atoms with Crippen LogP contribution in [-0.2, 0) is 19.4 Å². The van der Waals surface area contributed by atoms with E-state index < -0.39 is 0 Å². The van der Waals surface area contributed by atoms with Gasteiger partial charge in [0.2, 0.25) is 0 Å². The Morgan fingerprint density at radius 2 is 2.04 bits per heavy atom. The molecule has 0 bridgehead atoms. The Kier molecular flexibility index (Phi) is 4.62. The highest BCUT2D eigenvalue weighted by Crippen LogP contribution is 2.24. The SMILES string of the molecule is Cc1nc2c(c(NCc3cc(-c4ccccc4F)no3)n1)CCNCC2. The molecule has 2 N–H and O–H groups in total. The van der Waals surface area contributed by atoms with E-state index in [1.165, 1.54) is 6.07 Å². The molecule has 3 aromatic rings. The molecule has 1 aliphatic rings. The number of halogens is 1. The largest absolute Gasteiger partial charge is 0.362 e. The number of fused-ring (bicyclic) bond motifs is 1. The zero-order valence-electron chi connectivity index (χ0n) is 14.6. The Hall–Kier alpha value is -2.80. The molecule has 0 amide bonds. The summed E-state index contributed by atoms with van der Waals surface area (Å²) < 4.78 is 19.2. The fraction of sp³-hybridized carbons (Fsp3) is 0.316. The van der Waals surface area contributed by atoms with Gasteiger partial charge in [0.1, 0.15) is 23.2 Å². The zero-order valence-corrected chi connectivity index (χ0v) is 14.6. The molecule has 0 radical (unpaired) electrons. The normalized spacial score (nSPS) is 13.9. The van der Waals surface area contributed by atoms with Crippen LogP contribution in [0.2, 0.25) is 0 Å². The molecule has 0 fully saturated rings. The second-order valence-corrected chi connectivity index (χ2v) is 6.31. The van der Waals surface area contributed by atoms with E-state index in [0.29, 0.717) is 23.6 Å². The van der Waals surface area contributed by atoms with Crippen molar-refractivity contribution in [3.8, 4) is 11.3 Å². The quantitative estimate of drug-likeness (QED) is 0.751. The van der Waals surface area contributed by atoms with Gasteiger partial charge in [0.15, 0.2) is 5.76 Å². The van der Waals surface area contributed by atoms with Crippen LogP contribution in [0.1, 0.15) is 22.8 Å². The molecular formula is C19H20FN5O. The van der Waals surface area contributed by atoms with Crippen molar-refractivity contribution in [3.05, 3.63) is 59.0 Å². The van der Waals surface area contributed by atoms with Crippen LogP contribution in [0.15, 0.2) is 34.9 Å². The van der Waals surface area contributed by atoms with Crippen LogP contribution in [0.5, 0.6) is 0 Å². The summed E-state index contributed by atoms with van der Waals surface area (Å²) in [6, 6.07) is 8.27. The Labute approximate surface area is 150 Å². The van der Waals surface area contributed by atoms with E-state index in [-0.39, 0.29) is 5.82 Å². The average molecular weight is 353 g/mol. The second kappa shape index (κ2) is 7.21. The topological polar surface area (TPSA) is 75.9 Å². The average Bonchev–Trinajstić information content (AvgIpc) is 2.97. The van der Waals surface area contributed by atoms with Crippen molar-refractivity contribution < 1.29 is 8.91 Å². The van der Waals surface area contributed by atoms with Crippen LogP contribution in [0, 0.1) is 12.7 Å². The molecule has 0 aliphatic carbocycles. The van der Waals surface area contributed by atoms with Gasteiger partial charge in [-0.25, -0.2) is 14.4 Å². The maximum absolute atomic E-state index is 13.9. The van der Waals surface area contributed by atoms with Gasteiger partial charge in [-0.15, -0.1) is 0 Å². The lowest BCUT2D eigenvalue weighted by Gasteiger charge is -2.12. The standard InChI is InChI=1S/C19H20FN5O/c1-12-23-17-7-9-21-8-6-15(17)19(24-12)22-11-13-10-18(25-26-13)14-4-2-3-5-16(14)20/h2-5,10,21H,6-9,11H2,1H3,(H,22,23,24). The predicted molar refractivity (Wildman–Crippen MR) is 96.3 cm³/mol. The van der Waals surface area contributed by atoms with E-state index in [0.717, 1.165) is 48.8 Å². The summed E-state index contributed by atoms with van der Waals surface area (Å²) in [5.41, 5.74) is 3.16. The highest BCUT2D eigenvalue weighted by molar-refractivity contribution is 5.59. The molecule has 0 unspecified atom stereocenters. The van der Waals surface area contributed by atoms with E-state index in [4.69, 9.17) is 4.52 Å². The maximum Gasteiger partial charge on any atom is 0.156 e. The van der Waals surface area contributed by atoms with E-state index in [2.05, 4.69) is 25.8 Å². The second-order valence-electron chi connectivity index (χ2n) is 6.31. The zero-order chi connectivity index (χ0) is 17.9. The van der Waals surface area contributed by atoms with Gasteiger partial charge < -0.3 is 15.2 Å². The Balaban J connectivity index is 1.54. The van der Waals surface area contributed by atoms with Crippen molar-refractivity contribution in [2.45, 2.75) is 26.3 Å². The number of benzene rings is 1. The summed E-state index contributed by atoms with van der Waals surface area (Å²) in [7, 11) is 0. The summed E-state index contributed by atoms with van der Waals surface area (Å²) in [4.78, 5) is 9.12. The first-order chi connectivity index (χ1) is 12.7. The maximum atomic E-state index is 13.9. The summed E-state index contributed by atoms with van der Waals surface area (Å²) in [5.74, 6) is 1.89. The van der Waals surface area contributed by atoms with Crippen LogP contribution >= 0.6 is 0 Å². The first-order valence-electron chi connectivity index (χ1n) is 8.72. The summed E-state index contributed by atoms with van der Waals surface area (Å²) in [5, 5.41) is 10.7. The lowest BCUT2D eigenvalue weighted by atomic mass is 10.1. The fourth-order valence-electron chi connectivity index (χ4n) is 3.18. The van der Waals surface area contributed by atoms with E-state index in [9.17, 15) is 4.39 Å². The molecule has 2 aromatic heterocycles. The molecule has 0 saturated carbocycles.